The monoisotopic (exact) mass is 331 g/mol. The quantitative estimate of drug-likeness (QED) is 0.713. The summed E-state index contributed by atoms with van der Waals surface area (Å²) in [4.78, 5) is 25.5. The fraction of sp³-hybridized carbons (Fsp3) is 0.400. The predicted molar refractivity (Wildman–Crippen MR) is 82.2 cm³/mol. The van der Waals surface area contributed by atoms with Crippen LogP contribution in [0.2, 0.25) is 0 Å². The molecule has 1 amide bonds. The van der Waals surface area contributed by atoms with E-state index in [9.17, 15) is 9.59 Å². The average molecular weight is 331 g/mol. The number of aromatic nitrogens is 4. The van der Waals surface area contributed by atoms with E-state index in [-0.39, 0.29) is 25.7 Å². The Morgan fingerprint density at radius 3 is 3.04 bits per heavy atom. The summed E-state index contributed by atoms with van der Waals surface area (Å²) in [5, 5.41) is 11.2. The smallest absolute Gasteiger partial charge is 0.326 e. The Hall–Kier alpha value is -2.97. The summed E-state index contributed by atoms with van der Waals surface area (Å²) in [5.41, 5.74) is 0.557. The molecule has 1 aliphatic heterocycles. The van der Waals surface area contributed by atoms with Crippen molar-refractivity contribution in [3.05, 3.63) is 30.1 Å². The average Bonchev–Trinajstić information content (AvgIpc) is 3.03. The third kappa shape index (κ3) is 3.34. The maximum Gasteiger partial charge on any atom is 0.326 e. The Kier molecular flexibility index (Phi) is 4.69. The van der Waals surface area contributed by atoms with Crippen molar-refractivity contribution >= 4 is 17.6 Å². The van der Waals surface area contributed by atoms with E-state index in [2.05, 4.69) is 15.5 Å². The number of anilines is 1. The van der Waals surface area contributed by atoms with E-state index < -0.39 is 5.97 Å². The summed E-state index contributed by atoms with van der Waals surface area (Å²) >= 11 is 0. The first-order chi connectivity index (χ1) is 11.7. The number of carbonyl (C=O) groups is 2. The molecule has 24 heavy (non-hydrogen) atoms. The van der Waals surface area contributed by atoms with Crippen LogP contribution >= 0.6 is 0 Å². The van der Waals surface area contributed by atoms with Crippen LogP contribution in [0.5, 0.6) is 5.75 Å². The molecule has 0 unspecified atom stereocenters. The Bertz CT molecular complexity index is 745. The highest BCUT2D eigenvalue weighted by molar-refractivity contribution is 6.01. The molecule has 0 N–H and O–H groups in total. The highest BCUT2D eigenvalue weighted by atomic mass is 16.5. The topological polar surface area (TPSA) is 99.4 Å². The van der Waals surface area contributed by atoms with Gasteiger partial charge in [0.15, 0.2) is 19.0 Å². The number of esters is 1. The first-order valence-electron chi connectivity index (χ1n) is 7.62. The summed E-state index contributed by atoms with van der Waals surface area (Å²) in [6.45, 7) is 2.33. The normalized spacial score (nSPS) is 13.4. The van der Waals surface area contributed by atoms with Crippen molar-refractivity contribution in [2.24, 2.45) is 0 Å². The van der Waals surface area contributed by atoms with Gasteiger partial charge in [0.2, 0.25) is 0 Å². The van der Waals surface area contributed by atoms with E-state index in [1.165, 1.54) is 4.90 Å². The fourth-order valence-electron chi connectivity index (χ4n) is 2.36. The first kappa shape index (κ1) is 15.9. The summed E-state index contributed by atoms with van der Waals surface area (Å²) in [5.74, 6) is 0.211. The Labute approximate surface area is 138 Å². The highest BCUT2D eigenvalue weighted by Crippen LogP contribution is 2.31. The molecule has 1 aromatic carbocycles. The van der Waals surface area contributed by atoms with Gasteiger partial charge in [0, 0.05) is 6.54 Å². The van der Waals surface area contributed by atoms with Crippen molar-refractivity contribution < 1.29 is 19.1 Å². The van der Waals surface area contributed by atoms with E-state index in [0.29, 0.717) is 23.8 Å². The molecule has 2 heterocycles. The molecule has 3 rings (SSSR count). The minimum atomic E-state index is -0.536. The van der Waals surface area contributed by atoms with Gasteiger partial charge in [-0.25, -0.2) is 4.68 Å². The van der Waals surface area contributed by atoms with Crippen molar-refractivity contribution in [3.63, 3.8) is 0 Å². The van der Waals surface area contributed by atoms with Crippen LogP contribution in [-0.4, -0.2) is 45.2 Å². The Balaban J connectivity index is 1.63. The van der Waals surface area contributed by atoms with E-state index in [1.807, 2.05) is 6.92 Å². The van der Waals surface area contributed by atoms with Crippen molar-refractivity contribution in [1.82, 2.24) is 20.2 Å². The van der Waals surface area contributed by atoms with Gasteiger partial charge in [0.25, 0.3) is 5.91 Å². The van der Waals surface area contributed by atoms with Gasteiger partial charge in [-0.15, -0.1) is 5.10 Å². The van der Waals surface area contributed by atoms with E-state index in [4.69, 9.17) is 9.47 Å². The van der Waals surface area contributed by atoms with Crippen LogP contribution in [0.25, 0.3) is 0 Å². The minimum Gasteiger partial charge on any atom is -0.482 e. The van der Waals surface area contributed by atoms with Crippen molar-refractivity contribution in [2.75, 3.05) is 18.1 Å². The van der Waals surface area contributed by atoms with Crippen LogP contribution < -0.4 is 9.64 Å². The molecule has 0 saturated heterocycles. The summed E-state index contributed by atoms with van der Waals surface area (Å²) in [7, 11) is 0. The zero-order valence-corrected chi connectivity index (χ0v) is 13.2. The molecular formula is C15H17N5O4. The number of ether oxygens (including phenoxy) is 2. The van der Waals surface area contributed by atoms with Gasteiger partial charge in [-0.1, -0.05) is 19.1 Å². The van der Waals surface area contributed by atoms with Crippen molar-refractivity contribution in [2.45, 2.75) is 26.5 Å². The molecule has 0 fully saturated rings. The number of para-hydroxylation sites is 2. The number of tetrazole rings is 1. The van der Waals surface area contributed by atoms with Crippen LogP contribution in [-0.2, 0) is 27.5 Å². The lowest BCUT2D eigenvalue weighted by atomic mass is 10.2. The van der Waals surface area contributed by atoms with Crippen molar-refractivity contribution in [1.29, 1.82) is 0 Å². The first-order valence-corrected chi connectivity index (χ1v) is 7.62. The molecule has 2 aromatic rings. The van der Waals surface area contributed by atoms with Gasteiger partial charge < -0.3 is 9.47 Å². The maximum absolute atomic E-state index is 12.1. The Morgan fingerprint density at radius 1 is 1.38 bits per heavy atom. The number of benzene rings is 1. The number of aryl methyl sites for hydroxylation is 1. The third-order valence-electron chi connectivity index (χ3n) is 3.50. The van der Waals surface area contributed by atoms with Gasteiger partial charge in [-0.2, -0.15) is 0 Å². The summed E-state index contributed by atoms with van der Waals surface area (Å²) < 4.78 is 12.1. The molecule has 9 heteroatoms. The minimum absolute atomic E-state index is 0.0357. The maximum atomic E-state index is 12.1. The van der Waals surface area contributed by atoms with Gasteiger partial charge in [-0.05, 0) is 29.0 Å². The number of hydrogen-bond acceptors (Lipinski definition) is 7. The molecule has 0 radical (unpaired) electrons. The molecule has 0 spiro atoms. The van der Waals surface area contributed by atoms with Gasteiger partial charge in [-0.3, -0.25) is 14.5 Å². The number of nitrogens with zero attached hydrogens (tertiary/aromatic N) is 5. The van der Waals surface area contributed by atoms with Gasteiger partial charge >= 0.3 is 5.97 Å². The molecule has 9 nitrogen and oxygen atoms in total. The largest absolute Gasteiger partial charge is 0.482 e. The zero-order chi connectivity index (χ0) is 16.9. The summed E-state index contributed by atoms with van der Waals surface area (Å²) in [6, 6.07) is 7.05. The molecule has 0 atom stereocenters. The van der Waals surface area contributed by atoms with E-state index in [1.54, 1.807) is 28.9 Å². The van der Waals surface area contributed by atoms with Crippen LogP contribution in [0, 0.1) is 0 Å². The number of amides is 1. The lowest BCUT2D eigenvalue weighted by Gasteiger charge is -2.28. The van der Waals surface area contributed by atoms with E-state index >= 15 is 0 Å². The lowest BCUT2D eigenvalue weighted by molar-refractivity contribution is -0.144. The molecule has 0 aliphatic carbocycles. The highest BCUT2D eigenvalue weighted by Gasteiger charge is 2.27. The van der Waals surface area contributed by atoms with E-state index in [0.717, 1.165) is 6.42 Å². The van der Waals surface area contributed by atoms with Gasteiger partial charge in [0.05, 0.1) is 5.69 Å². The van der Waals surface area contributed by atoms with Crippen LogP contribution in [0.4, 0.5) is 5.69 Å². The molecule has 0 bridgehead atoms. The summed E-state index contributed by atoms with van der Waals surface area (Å²) in [6.07, 6.45) is 0.866. The molecule has 126 valence electrons. The lowest BCUT2D eigenvalue weighted by Crippen LogP contribution is -2.42. The third-order valence-corrected chi connectivity index (χ3v) is 3.50. The number of hydrogen-bond donors (Lipinski definition) is 0. The SMILES string of the molecule is CCCn1nnnc1COC(=O)CN1C(=O)COc2ccccc21. The van der Waals surface area contributed by atoms with Crippen molar-refractivity contribution in [3.8, 4) is 5.75 Å². The second kappa shape index (κ2) is 7.07. The van der Waals surface area contributed by atoms with Gasteiger partial charge in [0.1, 0.15) is 12.3 Å². The Morgan fingerprint density at radius 2 is 2.21 bits per heavy atom. The molecule has 0 saturated carbocycles. The number of fused-ring (bicyclic) bond motifs is 1. The predicted octanol–water partition coefficient (Wildman–Crippen LogP) is 0.552. The van der Waals surface area contributed by atoms with Crippen LogP contribution in [0.3, 0.4) is 0 Å². The standard InChI is InChI=1S/C15H17N5O4/c1-2-7-20-13(16-17-18-20)9-24-15(22)8-19-11-5-3-4-6-12(11)23-10-14(19)21/h3-6H,2,7-10H2,1H3. The zero-order valence-electron chi connectivity index (χ0n) is 13.2. The molecule has 1 aliphatic rings. The molecular weight excluding hydrogens is 314 g/mol. The fourth-order valence-corrected chi connectivity index (χ4v) is 2.36. The molecule has 1 aromatic heterocycles. The van der Waals surface area contributed by atoms with Crippen LogP contribution in [0.15, 0.2) is 24.3 Å². The van der Waals surface area contributed by atoms with Crippen LogP contribution in [0.1, 0.15) is 19.2 Å². The second-order valence-corrected chi connectivity index (χ2v) is 5.22. The number of carbonyl (C=O) groups excluding carboxylic acids is 2. The number of rotatable bonds is 6. The second-order valence-electron chi connectivity index (χ2n) is 5.22.